The van der Waals surface area contributed by atoms with Crippen molar-refractivity contribution in [2.45, 2.75) is 24.8 Å². The maximum Gasteiger partial charge on any atom is 0.170 e. The van der Waals surface area contributed by atoms with Crippen LogP contribution in [0.1, 0.15) is 30.0 Å². The molecule has 3 aliphatic rings. The van der Waals surface area contributed by atoms with E-state index in [9.17, 15) is 0 Å². The van der Waals surface area contributed by atoms with Gasteiger partial charge in [0, 0.05) is 43.5 Å². The number of nitrogens with zero attached hydrogens (tertiary/aromatic N) is 4. The molecule has 3 aliphatic heterocycles. The highest BCUT2D eigenvalue weighted by atomic mass is 32.1. The first-order valence-electron chi connectivity index (χ1n) is 11.0. The zero-order chi connectivity index (χ0) is 22.1. The number of nitriles is 1. The molecule has 32 heavy (non-hydrogen) atoms. The highest BCUT2D eigenvalue weighted by molar-refractivity contribution is 7.80. The largest absolute Gasteiger partial charge is 0.463 e. The Morgan fingerprint density at radius 3 is 2.97 bits per heavy atom. The van der Waals surface area contributed by atoms with Gasteiger partial charge in [-0.3, -0.25) is 9.58 Å². The third-order valence-electron chi connectivity index (χ3n) is 6.70. The molecule has 1 aromatic carbocycles. The molecule has 2 N–H and O–H groups in total. The van der Waals surface area contributed by atoms with Gasteiger partial charge in [-0.25, -0.2) is 0 Å². The van der Waals surface area contributed by atoms with E-state index in [1.807, 2.05) is 36.0 Å². The normalized spacial score (nSPS) is 24.1. The van der Waals surface area contributed by atoms with Crippen molar-refractivity contribution in [1.29, 1.82) is 5.26 Å². The zero-order valence-electron chi connectivity index (χ0n) is 18.0. The minimum atomic E-state index is 0.466. The molecule has 3 fully saturated rings. The smallest absolute Gasteiger partial charge is 0.170 e. The number of aromatic nitrogens is 2. The number of piperidine rings is 3. The fraction of sp³-hybridized carbons (Fsp3) is 0.375. The molecule has 0 saturated carbocycles. The van der Waals surface area contributed by atoms with Crippen molar-refractivity contribution in [3.63, 3.8) is 0 Å². The van der Waals surface area contributed by atoms with Gasteiger partial charge in [0.2, 0.25) is 0 Å². The van der Waals surface area contributed by atoms with Crippen LogP contribution in [-0.2, 0) is 7.05 Å². The number of fused-ring (bicyclic) bond motifs is 3. The molecule has 0 spiro atoms. The van der Waals surface area contributed by atoms with Crippen LogP contribution < -0.4 is 10.6 Å². The van der Waals surface area contributed by atoms with Crippen LogP contribution in [0.5, 0.6) is 0 Å². The SMILES string of the molecule is Cn1nc(-c2ccco2)cc1C1CN2CCC1CC2CNC(=S)Nc1cccc(C#N)c1. The number of hydrogen-bond donors (Lipinski definition) is 2. The number of nitrogens with one attached hydrogen (secondary N) is 2. The van der Waals surface area contributed by atoms with Gasteiger partial charge in [-0.05, 0) is 73.9 Å². The molecule has 4 unspecified atom stereocenters. The molecule has 0 radical (unpaired) electrons. The molecule has 4 atom stereocenters. The van der Waals surface area contributed by atoms with Gasteiger partial charge >= 0.3 is 0 Å². The van der Waals surface area contributed by atoms with Crippen LogP contribution in [0.4, 0.5) is 5.69 Å². The van der Waals surface area contributed by atoms with Crippen LogP contribution in [0.3, 0.4) is 0 Å². The number of thiocarbonyl (C=S) groups is 1. The summed E-state index contributed by atoms with van der Waals surface area (Å²) < 4.78 is 7.56. The fourth-order valence-corrected chi connectivity index (χ4v) is 5.31. The Balaban J connectivity index is 1.19. The third kappa shape index (κ3) is 4.14. The van der Waals surface area contributed by atoms with Crippen LogP contribution in [-0.4, -0.2) is 45.5 Å². The predicted octanol–water partition coefficient (Wildman–Crippen LogP) is 3.72. The lowest BCUT2D eigenvalue weighted by Crippen LogP contribution is -2.56. The number of hydrogen-bond acceptors (Lipinski definition) is 5. The molecule has 5 heterocycles. The maximum atomic E-state index is 9.06. The summed E-state index contributed by atoms with van der Waals surface area (Å²) in [6.45, 7) is 2.98. The van der Waals surface area contributed by atoms with Crippen molar-refractivity contribution in [3.8, 4) is 17.5 Å². The van der Waals surface area contributed by atoms with Gasteiger partial charge in [-0.15, -0.1) is 0 Å². The average molecular weight is 447 g/mol. The Morgan fingerprint density at radius 1 is 1.31 bits per heavy atom. The minimum Gasteiger partial charge on any atom is -0.463 e. The van der Waals surface area contributed by atoms with E-state index in [2.05, 4.69) is 32.8 Å². The van der Waals surface area contributed by atoms with E-state index in [1.54, 1.807) is 18.4 Å². The van der Waals surface area contributed by atoms with Crippen LogP contribution in [0.2, 0.25) is 0 Å². The van der Waals surface area contributed by atoms with Gasteiger partial charge in [0.25, 0.3) is 0 Å². The first-order valence-corrected chi connectivity index (χ1v) is 11.4. The average Bonchev–Trinajstić information content (AvgIpc) is 3.48. The van der Waals surface area contributed by atoms with Crippen molar-refractivity contribution in [2.24, 2.45) is 13.0 Å². The molecule has 164 valence electrons. The monoisotopic (exact) mass is 446 g/mol. The van der Waals surface area contributed by atoms with Gasteiger partial charge in [-0.2, -0.15) is 10.4 Å². The van der Waals surface area contributed by atoms with Crippen LogP contribution >= 0.6 is 12.2 Å². The number of anilines is 1. The van der Waals surface area contributed by atoms with Crippen LogP contribution in [0, 0.1) is 17.2 Å². The molecule has 2 bridgehead atoms. The van der Waals surface area contributed by atoms with E-state index in [0.29, 0.717) is 28.6 Å². The first kappa shape index (κ1) is 20.7. The summed E-state index contributed by atoms with van der Waals surface area (Å²) >= 11 is 5.48. The van der Waals surface area contributed by atoms with E-state index in [0.717, 1.165) is 43.2 Å². The second kappa shape index (κ2) is 8.77. The summed E-state index contributed by atoms with van der Waals surface area (Å²) in [5.74, 6) is 1.94. The lowest BCUT2D eigenvalue weighted by molar-refractivity contribution is 0.0303. The van der Waals surface area contributed by atoms with Crippen molar-refractivity contribution in [1.82, 2.24) is 20.0 Å². The van der Waals surface area contributed by atoms with Gasteiger partial charge in [0.05, 0.1) is 17.9 Å². The molecule has 0 amide bonds. The summed E-state index contributed by atoms with van der Waals surface area (Å²) in [6.07, 6.45) is 4.05. The Bertz CT molecular complexity index is 1150. The second-order valence-corrected chi connectivity index (χ2v) is 9.03. The van der Waals surface area contributed by atoms with E-state index in [1.165, 1.54) is 12.1 Å². The molecule has 0 aliphatic carbocycles. The Labute approximate surface area is 193 Å². The van der Waals surface area contributed by atoms with E-state index in [4.69, 9.17) is 21.9 Å². The van der Waals surface area contributed by atoms with Gasteiger partial charge in [-0.1, -0.05) is 6.07 Å². The fourth-order valence-electron chi connectivity index (χ4n) is 5.11. The van der Waals surface area contributed by atoms with Crippen molar-refractivity contribution in [3.05, 3.63) is 60.0 Å². The standard InChI is InChI=1S/C24H26N6OS/c1-29-22(12-21(28-29)23-6-3-9-31-23)20-15-30-8-7-17(20)11-19(30)14-26-24(32)27-18-5-2-4-16(10-18)13-25/h2-6,9-10,12,17,19-20H,7-8,11,14-15H2,1H3,(H2,26,27,32). The lowest BCUT2D eigenvalue weighted by Gasteiger charge is -2.50. The maximum absolute atomic E-state index is 9.06. The van der Waals surface area contributed by atoms with Crippen molar-refractivity contribution >= 4 is 23.0 Å². The molecular formula is C24H26N6OS. The number of aryl methyl sites for hydroxylation is 1. The Kier molecular flexibility index (Phi) is 5.68. The predicted molar refractivity (Wildman–Crippen MR) is 127 cm³/mol. The van der Waals surface area contributed by atoms with E-state index < -0.39 is 0 Å². The number of rotatable bonds is 5. The molecule has 8 heteroatoms. The number of furan rings is 1. The summed E-state index contributed by atoms with van der Waals surface area (Å²) in [6, 6.07) is 16.0. The minimum absolute atomic E-state index is 0.466. The topological polar surface area (TPSA) is 82.1 Å². The van der Waals surface area contributed by atoms with E-state index in [-0.39, 0.29) is 0 Å². The van der Waals surface area contributed by atoms with Gasteiger partial charge in [0.1, 0.15) is 5.69 Å². The summed E-state index contributed by atoms with van der Waals surface area (Å²) in [7, 11) is 2.03. The summed E-state index contributed by atoms with van der Waals surface area (Å²) in [5, 5.41) is 20.9. The third-order valence-corrected chi connectivity index (χ3v) is 6.94. The molecule has 3 aromatic rings. The quantitative estimate of drug-likeness (QED) is 0.578. The molecule has 2 aromatic heterocycles. The molecular weight excluding hydrogens is 420 g/mol. The summed E-state index contributed by atoms with van der Waals surface area (Å²) in [4.78, 5) is 2.58. The van der Waals surface area contributed by atoms with E-state index >= 15 is 0 Å². The van der Waals surface area contributed by atoms with Crippen molar-refractivity contribution in [2.75, 3.05) is 25.0 Å². The molecule has 3 saturated heterocycles. The zero-order valence-corrected chi connectivity index (χ0v) is 18.8. The number of benzene rings is 1. The molecule has 7 nitrogen and oxygen atoms in total. The molecule has 6 rings (SSSR count). The van der Waals surface area contributed by atoms with Crippen molar-refractivity contribution < 1.29 is 4.42 Å². The van der Waals surface area contributed by atoms with Crippen LogP contribution in [0.25, 0.3) is 11.5 Å². The van der Waals surface area contributed by atoms with Gasteiger partial charge < -0.3 is 15.1 Å². The second-order valence-electron chi connectivity index (χ2n) is 8.62. The van der Waals surface area contributed by atoms with Gasteiger partial charge in [0.15, 0.2) is 10.9 Å². The Morgan fingerprint density at radius 2 is 2.22 bits per heavy atom. The summed E-state index contributed by atoms with van der Waals surface area (Å²) in [5.41, 5.74) is 3.63. The Hall–Kier alpha value is -3.15. The van der Waals surface area contributed by atoms with Crippen LogP contribution in [0.15, 0.2) is 53.1 Å². The lowest BCUT2D eigenvalue weighted by atomic mass is 9.74. The highest BCUT2D eigenvalue weighted by Crippen LogP contribution is 2.42. The first-order chi connectivity index (χ1) is 15.6. The highest BCUT2D eigenvalue weighted by Gasteiger charge is 2.41.